The van der Waals surface area contributed by atoms with Gasteiger partial charge in [-0.3, -0.25) is 0 Å². The van der Waals surface area contributed by atoms with Crippen molar-refractivity contribution in [2.45, 2.75) is 4.90 Å². The first-order valence-corrected chi connectivity index (χ1v) is 4.48. The Hall–Kier alpha value is 0.0400. The summed E-state index contributed by atoms with van der Waals surface area (Å²) in [5, 5.41) is 8.76. The maximum atomic E-state index is 10.7. The Morgan fingerprint density at radius 1 is 1.46 bits per heavy atom. The molecule has 0 aliphatic heterocycles. The fourth-order valence-electron chi connectivity index (χ4n) is 0.879. The molecule has 0 saturated carbocycles. The van der Waals surface area contributed by atoms with E-state index >= 15 is 0 Å². The number of carboxylic acids is 1. The van der Waals surface area contributed by atoms with E-state index in [4.69, 9.17) is 5.11 Å². The molecule has 0 spiro atoms. The molecule has 1 N–H and O–H groups in total. The van der Waals surface area contributed by atoms with Crippen molar-refractivity contribution in [1.82, 2.24) is 0 Å². The van der Waals surface area contributed by atoms with E-state index in [1.54, 1.807) is 18.2 Å². The zero-order chi connectivity index (χ0) is 8.97. The molecule has 1 aromatic rings. The third-order valence-corrected chi connectivity index (χ3v) is 2.25. The third kappa shape index (κ3) is 3.73. The number of carboxylic acid groups (broad SMARTS) is 1. The van der Waals surface area contributed by atoms with E-state index in [0.29, 0.717) is 11.3 Å². The maximum absolute atomic E-state index is 10.7. The van der Waals surface area contributed by atoms with Gasteiger partial charge in [0, 0.05) is 4.90 Å². The van der Waals surface area contributed by atoms with Crippen LogP contribution in [0.4, 0.5) is 0 Å². The van der Waals surface area contributed by atoms with Gasteiger partial charge in [-0.1, -0.05) is 12.1 Å². The van der Waals surface area contributed by atoms with Crippen LogP contribution < -0.4 is 0 Å². The van der Waals surface area contributed by atoms with E-state index in [9.17, 15) is 4.79 Å². The Balaban J connectivity index is 0.00000144. The molecule has 0 amide bonds. The van der Waals surface area contributed by atoms with Crippen molar-refractivity contribution < 1.29 is 9.90 Å². The second-order valence-electron chi connectivity index (χ2n) is 2.15. The normalized spacial score (nSPS) is 9.00. The van der Waals surface area contributed by atoms with Crippen LogP contribution in [0.5, 0.6) is 0 Å². The van der Waals surface area contributed by atoms with E-state index in [-0.39, 0.29) is 29.6 Å². The van der Waals surface area contributed by atoms with Crippen molar-refractivity contribution in [2.75, 3.05) is 5.75 Å². The summed E-state index contributed by atoms with van der Waals surface area (Å²) < 4.78 is 0. The van der Waals surface area contributed by atoms with Gasteiger partial charge >= 0.3 is 35.5 Å². The predicted octanol–water partition coefficient (Wildman–Crippen LogP) is 1.66. The van der Waals surface area contributed by atoms with Crippen LogP contribution in [0.25, 0.3) is 0 Å². The monoisotopic (exact) mass is 205 g/mol. The van der Waals surface area contributed by atoms with Gasteiger partial charge in [0.25, 0.3) is 0 Å². The average molecular weight is 205 g/mol. The molecular formula is C9H10NaO2S. The van der Waals surface area contributed by atoms with Gasteiger partial charge in [-0.25, -0.2) is 4.79 Å². The molecule has 0 unspecified atom stereocenters. The van der Waals surface area contributed by atoms with Gasteiger partial charge in [-0.2, -0.15) is 0 Å². The Bertz CT molecular complexity index is 289. The minimum absolute atomic E-state index is 0. The quantitative estimate of drug-likeness (QED) is 0.602. The molecule has 1 radical (unpaired) electrons. The third-order valence-electron chi connectivity index (χ3n) is 1.38. The van der Waals surface area contributed by atoms with E-state index in [1.165, 1.54) is 11.8 Å². The van der Waals surface area contributed by atoms with Crippen molar-refractivity contribution in [3.63, 3.8) is 0 Å². The molecule has 0 saturated heterocycles. The summed E-state index contributed by atoms with van der Waals surface area (Å²) in [4.78, 5) is 11.4. The number of hydrogen-bond acceptors (Lipinski definition) is 2. The number of benzene rings is 1. The standard InChI is InChI=1S/C9H9O2S.Na.H/c1-2-12-8-6-4-3-5-7(8)9(10)11;;/h3-6H,1-2H2,(H,10,11);;. The summed E-state index contributed by atoms with van der Waals surface area (Å²) >= 11 is 1.44. The molecule has 0 atom stereocenters. The van der Waals surface area contributed by atoms with Crippen LogP contribution >= 0.6 is 11.8 Å². The topological polar surface area (TPSA) is 37.3 Å². The fourth-order valence-corrected chi connectivity index (χ4v) is 1.58. The number of aromatic carboxylic acids is 1. The molecule has 0 fully saturated rings. The molecule has 0 heterocycles. The van der Waals surface area contributed by atoms with Gasteiger partial charge in [-0.05, 0) is 24.8 Å². The number of carbonyl (C=O) groups is 1. The molecule has 2 nitrogen and oxygen atoms in total. The molecule has 0 aromatic heterocycles. The van der Waals surface area contributed by atoms with E-state index in [2.05, 4.69) is 6.92 Å². The zero-order valence-electron chi connectivity index (χ0n) is 6.49. The summed E-state index contributed by atoms with van der Waals surface area (Å²) in [5.74, 6) is -0.240. The Morgan fingerprint density at radius 3 is 2.62 bits per heavy atom. The second kappa shape index (κ2) is 6.49. The Kier molecular flexibility index (Phi) is 6.51. The SMILES string of the molecule is [CH2]CSc1ccccc1C(=O)O.[NaH]. The van der Waals surface area contributed by atoms with Gasteiger partial charge in [0.15, 0.2) is 0 Å². The summed E-state index contributed by atoms with van der Waals surface area (Å²) in [6.07, 6.45) is 0. The summed E-state index contributed by atoms with van der Waals surface area (Å²) in [5.41, 5.74) is 0.353. The van der Waals surface area contributed by atoms with Crippen LogP contribution in [-0.2, 0) is 0 Å². The first-order chi connectivity index (χ1) is 5.75. The van der Waals surface area contributed by atoms with Crippen LogP contribution in [0.1, 0.15) is 10.4 Å². The van der Waals surface area contributed by atoms with Gasteiger partial charge < -0.3 is 5.11 Å². The van der Waals surface area contributed by atoms with Crippen molar-refractivity contribution in [3.05, 3.63) is 36.8 Å². The van der Waals surface area contributed by atoms with Gasteiger partial charge in [0.05, 0.1) is 5.56 Å². The molecule has 4 heteroatoms. The number of hydrogen-bond donors (Lipinski definition) is 1. The minimum atomic E-state index is -0.883. The zero-order valence-corrected chi connectivity index (χ0v) is 7.30. The second-order valence-corrected chi connectivity index (χ2v) is 3.29. The van der Waals surface area contributed by atoms with Crippen molar-refractivity contribution in [2.24, 2.45) is 0 Å². The van der Waals surface area contributed by atoms with Crippen LogP contribution in [0, 0.1) is 6.92 Å². The molecule has 13 heavy (non-hydrogen) atoms. The summed E-state index contributed by atoms with van der Waals surface area (Å²) in [7, 11) is 0. The van der Waals surface area contributed by atoms with Crippen LogP contribution in [0.3, 0.4) is 0 Å². The van der Waals surface area contributed by atoms with E-state index in [1.807, 2.05) is 6.07 Å². The Labute approximate surface area is 104 Å². The molecule has 1 aromatic carbocycles. The first kappa shape index (κ1) is 13.0. The molecule has 0 aliphatic rings. The van der Waals surface area contributed by atoms with E-state index < -0.39 is 5.97 Å². The number of thioether (sulfide) groups is 1. The van der Waals surface area contributed by atoms with Crippen molar-refractivity contribution in [3.8, 4) is 0 Å². The van der Waals surface area contributed by atoms with E-state index in [0.717, 1.165) is 4.90 Å². The molecular weight excluding hydrogens is 195 g/mol. The molecule has 1 rings (SSSR count). The predicted molar refractivity (Wildman–Crippen MR) is 56.6 cm³/mol. The van der Waals surface area contributed by atoms with Crippen LogP contribution in [0.15, 0.2) is 29.2 Å². The fraction of sp³-hybridized carbons (Fsp3) is 0.111. The van der Waals surface area contributed by atoms with Crippen molar-refractivity contribution >= 4 is 47.3 Å². The molecule has 65 valence electrons. The van der Waals surface area contributed by atoms with Gasteiger partial charge in [0.1, 0.15) is 0 Å². The first-order valence-electron chi connectivity index (χ1n) is 3.50. The number of rotatable bonds is 3. The van der Waals surface area contributed by atoms with Crippen LogP contribution in [0.2, 0.25) is 0 Å². The van der Waals surface area contributed by atoms with Gasteiger partial charge in [-0.15, -0.1) is 11.8 Å². The molecule has 0 bridgehead atoms. The average Bonchev–Trinajstić information content (AvgIpc) is 2.05. The summed E-state index contributed by atoms with van der Waals surface area (Å²) in [6, 6.07) is 6.93. The molecule has 0 aliphatic carbocycles. The Morgan fingerprint density at radius 2 is 2.08 bits per heavy atom. The van der Waals surface area contributed by atoms with Gasteiger partial charge in [0.2, 0.25) is 0 Å². The van der Waals surface area contributed by atoms with Crippen LogP contribution in [-0.4, -0.2) is 46.4 Å². The van der Waals surface area contributed by atoms with Crippen molar-refractivity contribution in [1.29, 1.82) is 0 Å². The summed E-state index contributed by atoms with van der Waals surface area (Å²) in [6.45, 7) is 3.65.